The number of rotatable bonds is 20. The van der Waals surface area contributed by atoms with E-state index in [0.717, 1.165) is 27.8 Å². The standard InChI is InChI=1S/C41H46N4O9/c1-29-34-13-12-33(42)26-37(34)54-41(49)35(29)27-39(47)44-17-19-51-21-23-53-25-24-52-22-20-50-18-16-43-38(46)14-15-40(48)45-28-32-8-3-2-6-30(32)10-11-31-7-4-5-9-36(31)45/h2-9,12-13,26H,14-25,27-28,42H2,1H3,(H,43,46)(H,44,47). The van der Waals surface area contributed by atoms with Crippen LogP contribution in [0.2, 0.25) is 0 Å². The van der Waals surface area contributed by atoms with Crippen molar-refractivity contribution in [2.75, 3.05) is 76.6 Å². The number of fused-ring (bicyclic) bond motifs is 3. The zero-order valence-corrected chi connectivity index (χ0v) is 30.4. The summed E-state index contributed by atoms with van der Waals surface area (Å²) in [4.78, 5) is 52.2. The van der Waals surface area contributed by atoms with Crippen LogP contribution in [0.5, 0.6) is 0 Å². The summed E-state index contributed by atoms with van der Waals surface area (Å²) < 4.78 is 27.4. The lowest BCUT2D eigenvalue weighted by Gasteiger charge is -2.26. The number of hydrogen-bond acceptors (Lipinski definition) is 10. The number of carbonyl (C=O) groups is 3. The highest BCUT2D eigenvalue weighted by Gasteiger charge is 2.22. The zero-order chi connectivity index (χ0) is 38.1. The van der Waals surface area contributed by atoms with E-state index in [0.29, 0.717) is 94.9 Å². The van der Waals surface area contributed by atoms with Crippen LogP contribution in [0.25, 0.3) is 11.0 Å². The van der Waals surface area contributed by atoms with Gasteiger partial charge in [-0.05, 0) is 48.4 Å². The van der Waals surface area contributed by atoms with Gasteiger partial charge in [-0.3, -0.25) is 14.4 Å². The van der Waals surface area contributed by atoms with Crippen LogP contribution in [0.15, 0.2) is 75.9 Å². The van der Waals surface area contributed by atoms with Gasteiger partial charge in [-0.2, -0.15) is 0 Å². The van der Waals surface area contributed by atoms with E-state index in [9.17, 15) is 19.2 Å². The Hall–Kier alpha value is -5.52. The molecule has 1 aromatic heterocycles. The molecule has 0 unspecified atom stereocenters. The molecule has 1 aliphatic heterocycles. The molecule has 0 spiro atoms. The minimum atomic E-state index is -0.552. The molecule has 0 aliphatic carbocycles. The Morgan fingerprint density at radius 2 is 1.35 bits per heavy atom. The fourth-order valence-electron chi connectivity index (χ4n) is 5.78. The van der Waals surface area contributed by atoms with Crippen LogP contribution in [-0.2, 0) is 46.3 Å². The molecule has 4 aromatic rings. The molecule has 0 saturated heterocycles. The van der Waals surface area contributed by atoms with E-state index in [-0.39, 0.29) is 37.0 Å². The van der Waals surface area contributed by atoms with Crippen molar-refractivity contribution in [2.24, 2.45) is 0 Å². The molecule has 13 heteroatoms. The second-order valence-electron chi connectivity index (χ2n) is 12.5. The summed E-state index contributed by atoms with van der Waals surface area (Å²) in [6.45, 7) is 5.64. The van der Waals surface area contributed by atoms with Gasteiger partial charge < -0.3 is 44.6 Å². The Morgan fingerprint density at radius 3 is 2.06 bits per heavy atom. The van der Waals surface area contributed by atoms with Crippen LogP contribution in [0, 0.1) is 18.8 Å². The third-order valence-corrected chi connectivity index (χ3v) is 8.64. The van der Waals surface area contributed by atoms with Gasteiger partial charge in [-0.25, -0.2) is 4.79 Å². The number of nitrogens with one attached hydrogen (secondary N) is 2. The molecule has 5 rings (SSSR count). The Labute approximate surface area is 314 Å². The number of carbonyl (C=O) groups excluding carboxylic acids is 3. The van der Waals surface area contributed by atoms with E-state index < -0.39 is 5.63 Å². The number of aryl methyl sites for hydroxylation is 1. The smallest absolute Gasteiger partial charge is 0.340 e. The van der Waals surface area contributed by atoms with Crippen molar-refractivity contribution in [3.05, 3.63) is 105 Å². The summed E-state index contributed by atoms with van der Waals surface area (Å²) >= 11 is 0. The van der Waals surface area contributed by atoms with Crippen LogP contribution in [0.4, 0.5) is 11.4 Å². The third-order valence-electron chi connectivity index (χ3n) is 8.64. The molecule has 0 atom stereocenters. The van der Waals surface area contributed by atoms with Gasteiger partial charge in [0.15, 0.2) is 0 Å². The zero-order valence-electron chi connectivity index (χ0n) is 30.4. The monoisotopic (exact) mass is 738 g/mol. The molecule has 0 radical (unpaired) electrons. The molecule has 1 aliphatic rings. The number of nitrogen functional groups attached to an aromatic ring is 1. The van der Waals surface area contributed by atoms with Crippen molar-refractivity contribution in [1.82, 2.24) is 10.6 Å². The molecule has 0 saturated carbocycles. The van der Waals surface area contributed by atoms with Crippen LogP contribution in [-0.4, -0.2) is 83.7 Å². The topological polar surface area (TPSA) is 172 Å². The Balaban J connectivity index is 0.837. The summed E-state index contributed by atoms with van der Waals surface area (Å²) in [5, 5.41) is 6.29. The average molecular weight is 739 g/mol. The first-order valence-corrected chi connectivity index (χ1v) is 18.0. The van der Waals surface area contributed by atoms with Gasteiger partial charge >= 0.3 is 5.63 Å². The molecule has 0 fully saturated rings. The van der Waals surface area contributed by atoms with Gasteiger partial charge in [0.05, 0.1) is 77.1 Å². The van der Waals surface area contributed by atoms with Crippen LogP contribution < -0.4 is 26.9 Å². The normalized spacial score (nSPS) is 11.8. The fourth-order valence-corrected chi connectivity index (χ4v) is 5.78. The van der Waals surface area contributed by atoms with E-state index in [4.69, 9.17) is 29.1 Å². The lowest BCUT2D eigenvalue weighted by Crippen LogP contribution is -2.34. The van der Waals surface area contributed by atoms with Gasteiger partial charge in [0, 0.05) is 54.2 Å². The first kappa shape index (κ1) is 39.7. The number of ether oxygens (including phenoxy) is 4. The van der Waals surface area contributed by atoms with Crippen LogP contribution in [0.1, 0.15) is 40.7 Å². The van der Waals surface area contributed by atoms with Gasteiger partial charge in [0.1, 0.15) is 5.58 Å². The molecule has 4 N–H and O–H groups in total. The number of anilines is 2. The molecular formula is C41H46N4O9. The summed E-state index contributed by atoms with van der Waals surface area (Å²) in [5.41, 5.74) is 10.5. The van der Waals surface area contributed by atoms with Gasteiger partial charge in [0.25, 0.3) is 0 Å². The number of benzene rings is 3. The van der Waals surface area contributed by atoms with E-state index in [2.05, 4.69) is 22.5 Å². The Morgan fingerprint density at radius 1 is 0.759 bits per heavy atom. The number of nitrogens with zero attached hydrogens (tertiary/aromatic N) is 1. The molecule has 0 bridgehead atoms. The van der Waals surface area contributed by atoms with Gasteiger partial charge in [-0.15, -0.1) is 0 Å². The molecule has 3 aromatic carbocycles. The SMILES string of the molecule is Cc1c(CC(=O)NCCOCCOCCOCCOCCNC(=O)CCC(=O)N2Cc3ccccc3C#Cc3ccccc32)c(=O)oc2cc(N)ccc12. The molecule has 3 amide bonds. The molecule has 284 valence electrons. The Kier molecular flexibility index (Phi) is 15.2. The molecule has 2 heterocycles. The van der Waals surface area contributed by atoms with E-state index in [1.165, 1.54) is 0 Å². The second-order valence-corrected chi connectivity index (χ2v) is 12.5. The summed E-state index contributed by atoms with van der Waals surface area (Å²) in [5.74, 6) is 5.72. The number of hydrogen-bond donors (Lipinski definition) is 3. The largest absolute Gasteiger partial charge is 0.422 e. The van der Waals surface area contributed by atoms with Gasteiger partial charge in [0.2, 0.25) is 17.7 Å². The van der Waals surface area contributed by atoms with Crippen molar-refractivity contribution < 1.29 is 37.7 Å². The van der Waals surface area contributed by atoms with Gasteiger partial charge in [-0.1, -0.05) is 42.2 Å². The van der Waals surface area contributed by atoms with Crippen LogP contribution in [0.3, 0.4) is 0 Å². The predicted molar refractivity (Wildman–Crippen MR) is 204 cm³/mol. The first-order chi connectivity index (χ1) is 26.3. The minimum Gasteiger partial charge on any atom is -0.422 e. The minimum absolute atomic E-state index is 0.0699. The van der Waals surface area contributed by atoms with Crippen molar-refractivity contribution in [3.63, 3.8) is 0 Å². The summed E-state index contributed by atoms with van der Waals surface area (Å²) in [6.07, 6.45) is 0.0513. The number of para-hydroxylation sites is 1. The van der Waals surface area contributed by atoms with E-state index >= 15 is 0 Å². The molecule has 54 heavy (non-hydrogen) atoms. The highest BCUT2D eigenvalue weighted by Crippen LogP contribution is 2.26. The highest BCUT2D eigenvalue weighted by atomic mass is 16.6. The predicted octanol–water partition coefficient (Wildman–Crippen LogP) is 3.25. The lowest BCUT2D eigenvalue weighted by molar-refractivity contribution is -0.125. The Bertz CT molecular complexity index is 2030. The first-order valence-electron chi connectivity index (χ1n) is 18.0. The van der Waals surface area contributed by atoms with E-state index in [1.54, 1.807) is 30.0 Å². The summed E-state index contributed by atoms with van der Waals surface area (Å²) in [6, 6.07) is 20.4. The number of amides is 3. The summed E-state index contributed by atoms with van der Waals surface area (Å²) in [7, 11) is 0. The molecule has 13 nitrogen and oxygen atoms in total. The molecular weight excluding hydrogens is 692 g/mol. The quantitative estimate of drug-likeness (QED) is 0.0529. The van der Waals surface area contributed by atoms with E-state index in [1.807, 2.05) is 48.5 Å². The lowest BCUT2D eigenvalue weighted by atomic mass is 10.0. The third kappa shape index (κ3) is 11.7. The second kappa shape index (κ2) is 20.6. The maximum atomic E-state index is 13.3. The van der Waals surface area contributed by atoms with Crippen molar-refractivity contribution in [3.8, 4) is 11.8 Å². The number of nitrogens with two attached hydrogens (primary N) is 1. The maximum Gasteiger partial charge on any atom is 0.340 e. The van der Waals surface area contributed by atoms with Crippen molar-refractivity contribution in [1.29, 1.82) is 0 Å². The van der Waals surface area contributed by atoms with Crippen molar-refractivity contribution >= 4 is 40.1 Å². The highest BCUT2D eigenvalue weighted by molar-refractivity contribution is 5.97. The maximum absolute atomic E-state index is 13.3. The van der Waals surface area contributed by atoms with Crippen molar-refractivity contribution in [2.45, 2.75) is 32.7 Å². The fraction of sp³-hybridized carbons (Fsp3) is 0.366. The van der Waals surface area contributed by atoms with Crippen LogP contribution >= 0.6 is 0 Å². The average Bonchev–Trinajstić information content (AvgIpc) is 3.16.